The molecule has 4 nitrogen and oxygen atoms in total. The Kier molecular flexibility index (Phi) is 6.04. The predicted octanol–water partition coefficient (Wildman–Crippen LogP) is 3.89. The fourth-order valence-corrected chi connectivity index (χ4v) is 2.83. The summed E-state index contributed by atoms with van der Waals surface area (Å²) in [6.07, 6.45) is 0.329. The molecule has 0 aliphatic carbocycles. The van der Waals surface area contributed by atoms with E-state index in [1.165, 1.54) is 0 Å². The van der Waals surface area contributed by atoms with E-state index in [2.05, 4.69) is 21.2 Å². The Morgan fingerprint density at radius 2 is 1.96 bits per heavy atom. The number of benzene rings is 2. The zero-order chi connectivity index (χ0) is 16.8. The smallest absolute Gasteiger partial charge is 0.224 e. The maximum atomic E-state index is 12.3. The summed E-state index contributed by atoms with van der Waals surface area (Å²) in [4.78, 5) is 12.3. The van der Waals surface area contributed by atoms with Crippen LogP contribution in [0.5, 0.6) is 11.5 Å². The molecule has 0 radical (unpaired) electrons. The molecular formula is C18H20BrNO3. The van der Waals surface area contributed by atoms with E-state index in [1.807, 2.05) is 49.4 Å². The molecule has 0 saturated carbocycles. The lowest BCUT2D eigenvalue weighted by molar-refractivity contribution is -0.121. The first-order valence-corrected chi connectivity index (χ1v) is 8.08. The van der Waals surface area contributed by atoms with Crippen LogP contribution in [0.25, 0.3) is 0 Å². The zero-order valence-corrected chi connectivity index (χ0v) is 15.0. The minimum atomic E-state index is -0.181. The molecule has 0 fully saturated rings. The van der Waals surface area contributed by atoms with Crippen molar-refractivity contribution in [3.8, 4) is 11.5 Å². The van der Waals surface area contributed by atoms with Crippen molar-refractivity contribution in [1.82, 2.24) is 5.32 Å². The van der Waals surface area contributed by atoms with E-state index in [9.17, 15) is 4.79 Å². The molecule has 2 aromatic carbocycles. The van der Waals surface area contributed by atoms with Crippen LogP contribution < -0.4 is 14.8 Å². The lowest BCUT2D eigenvalue weighted by Gasteiger charge is -2.18. The van der Waals surface area contributed by atoms with Gasteiger partial charge in [0.15, 0.2) is 0 Å². The second-order valence-electron chi connectivity index (χ2n) is 5.20. The molecule has 0 heterocycles. The minimum absolute atomic E-state index is 0.0412. The highest BCUT2D eigenvalue weighted by Gasteiger charge is 2.15. The minimum Gasteiger partial charge on any atom is -0.497 e. The third-order valence-electron chi connectivity index (χ3n) is 3.53. The molecule has 1 N–H and O–H groups in total. The number of rotatable bonds is 6. The van der Waals surface area contributed by atoms with Crippen molar-refractivity contribution in [2.45, 2.75) is 19.4 Å². The molecule has 0 bridgehead atoms. The van der Waals surface area contributed by atoms with Crippen LogP contribution >= 0.6 is 15.9 Å². The lowest BCUT2D eigenvalue weighted by Crippen LogP contribution is -2.28. The third kappa shape index (κ3) is 4.73. The normalized spacial score (nSPS) is 11.7. The van der Waals surface area contributed by atoms with Gasteiger partial charge in [0.1, 0.15) is 11.5 Å². The van der Waals surface area contributed by atoms with E-state index < -0.39 is 0 Å². The monoisotopic (exact) mass is 377 g/mol. The first-order valence-electron chi connectivity index (χ1n) is 7.29. The first kappa shape index (κ1) is 17.3. The number of halogens is 1. The standard InChI is InChI=1S/C18H20BrNO3/c1-12(16-11-15(22-2)7-8-17(16)23-3)20-18(21)10-13-5-4-6-14(19)9-13/h4-9,11-12H,10H2,1-3H3,(H,20,21)/t12-/m1/s1. The summed E-state index contributed by atoms with van der Waals surface area (Å²) < 4.78 is 11.6. The fourth-order valence-electron chi connectivity index (χ4n) is 2.38. The Hall–Kier alpha value is -2.01. The average molecular weight is 378 g/mol. The number of nitrogens with one attached hydrogen (secondary N) is 1. The number of amides is 1. The van der Waals surface area contributed by atoms with Crippen LogP contribution in [0.4, 0.5) is 0 Å². The molecule has 0 aromatic heterocycles. The molecule has 0 saturated heterocycles. The molecule has 0 spiro atoms. The van der Waals surface area contributed by atoms with E-state index in [-0.39, 0.29) is 11.9 Å². The summed E-state index contributed by atoms with van der Waals surface area (Å²) >= 11 is 3.41. The fraction of sp³-hybridized carbons (Fsp3) is 0.278. The highest BCUT2D eigenvalue weighted by molar-refractivity contribution is 9.10. The van der Waals surface area contributed by atoms with E-state index >= 15 is 0 Å². The SMILES string of the molecule is COc1ccc(OC)c([C@@H](C)NC(=O)Cc2cccc(Br)c2)c1. The second kappa shape index (κ2) is 8.02. The number of ether oxygens (including phenoxy) is 2. The van der Waals surface area contributed by atoms with Gasteiger partial charge in [-0.25, -0.2) is 0 Å². The van der Waals surface area contributed by atoms with Crippen LogP contribution in [-0.4, -0.2) is 20.1 Å². The summed E-state index contributed by atoms with van der Waals surface area (Å²) in [5.74, 6) is 1.41. The Morgan fingerprint density at radius 1 is 1.17 bits per heavy atom. The van der Waals surface area contributed by atoms with Gasteiger partial charge < -0.3 is 14.8 Å². The average Bonchev–Trinajstić information content (AvgIpc) is 2.54. The third-order valence-corrected chi connectivity index (χ3v) is 4.03. The quantitative estimate of drug-likeness (QED) is 0.830. The Bertz CT molecular complexity index is 688. The summed E-state index contributed by atoms with van der Waals surface area (Å²) in [6, 6.07) is 13.1. The summed E-state index contributed by atoms with van der Waals surface area (Å²) in [5, 5.41) is 3.00. The van der Waals surface area contributed by atoms with Gasteiger partial charge in [0, 0.05) is 10.0 Å². The summed E-state index contributed by atoms with van der Waals surface area (Å²) in [7, 11) is 3.23. The molecule has 5 heteroatoms. The van der Waals surface area contributed by atoms with E-state index in [0.29, 0.717) is 6.42 Å². The number of hydrogen-bond acceptors (Lipinski definition) is 3. The van der Waals surface area contributed by atoms with Gasteiger partial charge in [0.2, 0.25) is 5.91 Å². The van der Waals surface area contributed by atoms with Gasteiger partial charge in [0.25, 0.3) is 0 Å². The molecule has 0 unspecified atom stereocenters. The van der Waals surface area contributed by atoms with Gasteiger partial charge >= 0.3 is 0 Å². The number of carbonyl (C=O) groups excluding carboxylic acids is 1. The van der Waals surface area contributed by atoms with Crippen LogP contribution in [0.15, 0.2) is 46.9 Å². The molecule has 1 amide bonds. The van der Waals surface area contributed by atoms with Gasteiger partial charge in [0.05, 0.1) is 26.7 Å². The van der Waals surface area contributed by atoms with Crippen molar-refractivity contribution in [2.24, 2.45) is 0 Å². The van der Waals surface area contributed by atoms with Gasteiger partial charge in [-0.05, 0) is 42.8 Å². The summed E-state index contributed by atoms with van der Waals surface area (Å²) in [5.41, 5.74) is 1.84. The number of methoxy groups -OCH3 is 2. The maximum Gasteiger partial charge on any atom is 0.224 e. The first-order chi connectivity index (χ1) is 11.0. The van der Waals surface area contributed by atoms with Crippen LogP contribution in [-0.2, 0) is 11.2 Å². The highest BCUT2D eigenvalue weighted by atomic mass is 79.9. The zero-order valence-electron chi connectivity index (χ0n) is 13.4. The summed E-state index contributed by atoms with van der Waals surface area (Å²) in [6.45, 7) is 1.93. The van der Waals surface area contributed by atoms with Crippen molar-refractivity contribution < 1.29 is 14.3 Å². The highest BCUT2D eigenvalue weighted by Crippen LogP contribution is 2.29. The van der Waals surface area contributed by atoms with Gasteiger partial charge in [-0.2, -0.15) is 0 Å². The largest absolute Gasteiger partial charge is 0.497 e. The van der Waals surface area contributed by atoms with Crippen molar-refractivity contribution in [3.05, 3.63) is 58.1 Å². The Morgan fingerprint density at radius 3 is 2.61 bits per heavy atom. The van der Waals surface area contributed by atoms with Gasteiger partial charge in [-0.1, -0.05) is 28.1 Å². The Balaban J connectivity index is 2.09. The molecule has 2 aromatic rings. The van der Waals surface area contributed by atoms with E-state index in [1.54, 1.807) is 14.2 Å². The molecule has 2 rings (SSSR count). The molecule has 1 atom stereocenters. The number of carbonyl (C=O) groups is 1. The molecular weight excluding hydrogens is 358 g/mol. The predicted molar refractivity (Wildman–Crippen MR) is 93.9 cm³/mol. The molecule has 23 heavy (non-hydrogen) atoms. The van der Waals surface area contributed by atoms with Crippen molar-refractivity contribution >= 4 is 21.8 Å². The van der Waals surface area contributed by atoms with Crippen LogP contribution in [0, 0.1) is 0 Å². The van der Waals surface area contributed by atoms with E-state index in [0.717, 1.165) is 27.1 Å². The van der Waals surface area contributed by atoms with Crippen molar-refractivity contribution in [1.29, 1.82) is 0 Å². The maximum absolute atomic E-state index is 12.3. The molecule has 122 valence electrons. The molecule has 0 aliphatic heterocycles. The van der Waals surface area contributed by atoms with Gasteiger partial charge in [-0.15, -0.1) is 0 Å². The second-order valence-corrected chi connectivity index (χ2v) is 6.12. The van der Waals surface area contributed by atoms with Gasteiger partial charge in [-0.3, -0.25) is 4.79 Å². The van der Waals surface area contributed by atoms with Crippen molar-refractivity contribution in [2.75, 3.05) is 14.2 Å². The van der Waals surface area contributed by atoms with Crippen LogP contribution in [0.3, 0.4) is 0 Å². The van der Waals surface area contributed by atoms with Crippen molar-refractivity contribution in [3.63, 3.8) is 0 Å². The Labute approximate surface area is 144 Å². The molecule has 0 aliphatic rings. The van der Waals surface area contributed by atoms with Crippen LogP contribution in [0.2, 0.25) is 0 Å². The van der Waals surface area contributed by atoms with Crippen LogP contribution in [0.1, 0.15) is 24.1 Å². The lowest BCUT2D eigenvalue weighted by atomic mass is 10.1. The van der Waals surface area contributed by atoms with E-state index in [4.69, 9.17) is 9.47 Å². The topological polar surface area (TPSA) is 47.6 Å². The number of hydrogen-bond donors (Lipinski definition) is 1.